The molecule has 4 nitrogen and oxygen atoms in total. The van der Waals surface area contributed by atoms with Crippen LogP contribution in [0.25, 0.3) is 10.9 Å². The fourth-order valence-electron chi connectivity index (χ4n) is 2.50. The van der Waals surface area contributed by atoms with E-state index in [9.17, 15) is 4.79 Å². The Morgan fingerprint density at radius 1 is 1.35 bits per heavy atom. The maximum Gasteiger partial charge on any atom is 0.253 e. The van der Waals surface area contributed by atoms with Crippen molar-refractivity contribution in [2.75, 3.05) is 13.7 Å². The number of H-pyrrole nitrogens is 1. The van der Waals surface area contributed by atoms with E-state index in [4.69, 9.17) is 4.74 Å². The van der Waals surface area contributed by atoms with E-state index in [2.05, 4.69) is 10.3 Å². The van der Waals surface area contributed by atoms with Gasteiger partial charge in [-0.25, -0.2) is 0 Å². The largest absolute Gasteiger partial charge is 0.495 e. The van der Waals surface area contributed by atoms with E-state index in [1.165, 1.54) is 0 Å². The highest BCUT2D eigenvalue weighted by molar-refractivity contribution is 6.11. The van der Waals surface area contributed by atoms with Gasteiger partial charge in [-0.05, 0) is 18.6 Å². The third kappa shape index (κ3) is 1.33. The molecule has 1 aromatic heterocycles. The Labute approximate surface area is 99.0 Å². The average Bonchev–Trinajstić information content (AvgIpc) is 2.71. The Morgan fingerprint density at radius 3 is 2.94 bits per heavy atom. The second-order valence-electron chi connectivity index (χ2n) is 4.32. The smallest absolute Gasteiger partial charge is 0.253 e. The summed E-state index contributed by atoms with van der Waals surface area (Å²) >= 11 is 0. The summed E-state index contributed by atoms with van der Waals surface area (Å²) in [5, 5.41) is 3.86. The molecule has 0 radical (unpaired) electrons. The fourth-order valence-corrected chi connectivity index (χ4v) is 2.50. The predicted octanol–water partition coefficient (Wildman–Crippen LogP) is 1.77. The van der Waals surface area contributed by atoms with Gasteiger partial charge >= 0.3 is 0 Å². The molecule has 0 saturated carbocycles. The highest BCUT2D eigenvalue weighted by atomic mass is 16.5. The minimum absolute atomic E-state index is 0.00820. The van der Waals surface area contributed by atoms with Crippen molar-refractivity contribution in [3.8, 4) is 5.75 Å². The number of hydrogen-bond donors (Lipinski definition) is 2. The van der Waals surface area contributed by atoms with Gasteiger partial charge in [0.25, 0.3) is 5.91 Å². The van der Waals surface area contributed by atoms with E-state index >= 15 is 0 Å². The second-order valence-corrected chi connectivity index (χ2v) is 4.32. The first-order valence-electron chi connectivity index (χ1n) is 5.68. The quantitative estimate of drug-likeness (QED) is 0.784. The summed E-state index contributed by atoms with van der Waals surface area (Å²) in [6.07, 6.45) is 0.846. The number of carbonyl (C=O) groups is 1. The van der Waals surface area contributed by atoms with Crippen molar-refractivity contribution in [2.24, 2.45) is 0 Å². The van der Waals surface area contributed by atoms with Gasteiger partial charge in [-0.3, -0.25) is 4.79 Å². The first-order chi connectivity index (χ1) is 8.22. The van der Waals surface area contributed by atoms with Gasteiger partial charge in [0.15, 0.2) is 0 Å². The lowest BCUT2D eigenvalue weighted by Crippen LogP contribution is -2.31. The number of aryl methyl sites for hydroxylation is 1. The zero-order chi connectivity index (χ0) is 12.0. The van der Waals surface area contributed by atoms with E-state index in [-0.39, 0.29) is 5.91 Å². The first-order valence-corrected chi connectivity index (χ1v) is 5.68. The highest BCUT2D eigenvalue weighted by Gasteiger charge is 2.24. The standard InChI is InChI=1S/C13H14N2O2/c1-7-3-4-9(17-2)12-10(7)11-8(15-12)5-6-14-13(11)16/h3-4,15H,5-6H2,1-2H3,(H,14,16). The molecule has 0 spiro atoms. The van der Waals surface area contributed by atoms with Crippen molar-refractivity contribution >= 4 is 16.8 Å². The average molecular weight is 230 g/mol. The third-order valence-electron chi connectivity index (χ3n) is 3.31. The molecule has 2 heterocycles. The summed E-state index contributed by atoms with van der Waals surface area (Å²) in [4.78, 5) is 15.3. The summed E-state index contributed by atoms with van der Waals surface area (Å²) < 4.78 is 5.33. The summed E-state index contributed by atoms with van der Waals surface area (Å²) in [5.74, 6) is 0.793. The van der Waals surface area contributed by atoms with Crippen molar-refractivity contribution < 1.29 is 9.53 Å². The van der Waals surface area contributed by atoms with Crippen LogP contribution in [0.1, 0.15) is 21.6 Å². The Bertz CT molecular complexity index is 613. The Balaban J connectivity index is 2.42. The number of benzene rings is 1. The molecule has 3 rings (SSSR count). The molecular weight excluding hydrogens is 216 g/mol. The molecule has 1 aromatic carbocycles. The number of aromatic nitrogens is 1. The number of carbonyl (C=O) groups excluding carboxylic acids is 1. The maximum absolute atomic E-state index is 11.9. The van der Waals surface area contributed by atoms with E-state index in [1.807, 2.05) is 19.1 Å². The number of amides is 1. The minimum Gasteiger partial charge on any atom is -0.495 e. The van der Waals surface area contributed by atoms with Crippen LogP contribution in [0.15, 0.2) is 12.1 Å². The van der Waals surface area contributed by atoms with Crippen molar-refractivity contribution in [1.82, 2.24) is 10.3 Å². The van der Waals surface area contributed by atoms with Crippen LogP contribution in [0.3, 0.4) is 0 Å². The van der Waals surface area contributed by atoms with Crippen LogP contribution < -0.4 is 10.1 Å². The van der Waals surface area contributed by atoms with Crippen molar-refractivity contribution in [2.45, 2.75) is 13.3 Å². The van der Waals surface area contributed by atoms with Gasteiger partial charge in [0.2, 0.25) is 0 Å². The Kier molecular flexibility index (Phi) is 2.11. The molecule has 0 atom stereocenters. The maximum atomic E-state index is 11.9. The van der Waals surface area contributed by atoms with Gasteiger partial charge in [-0.2, -0.15) is 0 Å². The van der Waals surface area contributed by atoms with Gasteiger partial charge in [0.05, 0.1) is 18.2 Å². The van der Waals surface area contributed by atoms with E-state index in [0.717, 1.165) is 39.9 Å². The van der Waals surface area contributed by atoms with E-state index < -0.39 is 0 Å². The lowest BCUT2D eigenvalue weighted by atomic mass is 10.0. The third-order valence-corrected chi connectivity index (χ3v) is 3.31. The first kappa shape index (κ1) is 10.2. The topological polar surface area (TPSA) is 54.1 Å². The number of nitrogens with one attached hydrogen (secondary N) is 2. The molecule has 0 aliphatic carbocycles. The minimum atomic E-state index is 0.00820. The SMILES string of the molecule is COc1ccc(C)c2c3c([nH]c12)CCNC3=O. The Morgan fingerprint density at radius 2 is 2.18 bits per heavy atom. The van der Waals surface area contributed by atoms with Crippen LogP contribution in [-0.4, -0.2) is 24.5 Å². The number of hydrogen-bond acceptors (Lipinski definition) is 2. The molecule has 2 aromatic rings. The van der Waals surface area contributed by atoms with Gasteiger partial charge in [0.1, 0.15) is 5.75 Å². The van der Waals surface area contributed by atoms with Gasteiger partial charge < -0.3 is 15.0 Å². The lowest BCUT2D eigenvalue weighted by molar-refractivity contribution is 0.0947. The van der Waals surface area contributed by atoms with Crippen LogP contribution in [0.2, 0.25) is 0 Å². The van der Waals surface area contributed by atoms with Crippen LogP contribution >= 0.6 is 0 Å². The molecule has 2 N–H and O–H groups in total. The molecule has 1 aliphatic heterocycles. The zero-order valence-electron chi connectivity index (χ0n) is 9.89. The molecule has 0 bridgehead atoms. The van der Waals surface area contributed by atoms with Crippen LogP contribution in [-0.2, 0) is 6.42 Å². The number of methoxy groups -OCH3 is 1. The molecule has 4 heteroatoms. The summed E-state index contributed by atoms with van der Waals surface area (Å²) in [6.45, 7) is 2.71. The predicted molar refractivity (Wildman–Crippen MR) is 65.6 cm³/mol. The van der Waals surface area contributed by atoms with Crippen LogP contribution in [0, 0.1) is 6.92 Å². The van der Waals surface area contributed by atoms with Crippen molar-refractivity contribution in [3.63, 3.8) is 0 Å². The summed E-state index contributed by atoms with van der Waals surface area (Å²) in [5.41, 5.74) is 3.81. The van der Waals surface area contributed by atoms with Crippen LogP contribution in [0.5, 0.6) is 5.75 Å². The molecule has 1 aliphatic rings. The summed E-state index contributed by atoms with van der Waals surface area (Å²) in [7, 11) is 1.64. The van der Waals surface area contributed by atoms with Gasteiger partial charge in [-0.1, -0.05) is 6.07 Å². The van der Waals surface area contributed by atoms with Gasteiger partial charge in [-0.15, -0.1) is 0 Å². The van der Waals surface area contributed by atoms with E-state index in [1.54, 1.807) is 7.11 Å². The molecule has 1 amide bonds. The molecule has 88 valence electrons. The zero-order valence-corrected chi connectivity index (χ0v) is 9.89. The highest BCUT2D eigenvalue weighted by Crippen LogP contribution is 2.33. The number of ether oxygens (including phenoxy) is 1. The molecular formula is C13H14N2O2. The number of aromatic amines is 1. The molecule has 17 heavy (non-hydrogen) atoms. The van der Waals surface area contributed by atoms with Crippen molar-refractivity contribution in [1.29, 1.82) is 0 Å². The monoisotopic (exact) mass is 230 g/mol. The Hall–Kier alpha value is -1.97. The van der Waals surface area contributed by atoms with Crippen molar-refractivity contribution in [3.05, 3.63) is 29.0 Å². The molecule has 0 unspecified atom stereocenters. The number of fused-ring (bicyclic) bond motifs is 3. The molecule has 0 saturated heterocycles. The van der Waals surface area contributed by atoms with Gasteiger partial charge in [0, 0.05) is 24.0 Å². The summed E-state index contributed by atoms with van der Waals surface area (Å²) in [6, 6.07) is 3.91. The normalized spacial score (nSPS) is 14.6. The van der Waals surface area contributed by atoms with E-state index in [0.29, 0.717) is 6.54 Å². The lowest BCUT2D eigenvalue weighted by Gasteiger charge is -2.12. The fraction of sp³-hybridized carbons (Fsp3) is 0.308. The number of rotatable bonds is 1. The second kappa shape index (κ2) is 3.52. The van der Waals surface area contributed by atoms with Crippen LogP contribution in [0.4, 0.5) is 0 Å². The molecule has 0 fully saturated rings.